The van der Waals surface area contributed by atoms with Gasteiger partial charge in [0.25, 0.3) is 0 Å². The molecule has 3 aliphatic rings. The average molecular weight is 239 g/mol. The molecule has 2 saturated heterocycles. The Balaban J connectivity index is 1.98. The van der Waals surface area contributed by atoms with Crippen LogP contribution in [0.25, 0.3) is 0 Å². The van der Waals surface area contributed by atoms with E-state index in [9.17, 15) is 9.59 Å². The first-order valence-electron chi connectivity index (χ1n) is 6.28. The van der Waals surface area contributed by atoms with E-state index in [0.29, 0.717) is 11.8 Å². The van der Waals surface area contributed by atoms with Gasteiger partial charge in [0.05, 0.1) is 0 Å². The van der Waals surface area contributed by atoms with Crippen molar-refractivity contribution in [2.24, 2.45) is 17.8 Å². The molecule has 1 amide bonds. The van der Waals surface area contributed by atoms with Crippen LogP contribution in [0.5, 0.6) is 0 Å². The van der Waals surface area contributed by atoms with Gasteiger partial charge < -0.3 is 14.4 Å². The van der Waals surface area contributed by atoms with Gasteiger partial charge in [0.15, 0.2) is 0 Å². The predicted octanol–water partition coefficient (Wildman–Crippen LogP) is 2.08. The van der Waals surface area contributed by atoms with Crippen molar-refractivity contribution in [1.29, 1.82) is 0 Å². The van der Waals surface area contributed by atoms with Crippen LogP contribution in [0.2, 0.25) is 0 Å². The van der Waals surface area contributed by atoms with Crippen molar-refractivity contribution in [3.63, 3.8) is 0 Å². The first kappa shape index (κ1) is 12.4. The molecule has 0 aromatic carbocycles. The van der Waals surface area contributed by atoms with E-state index in [1.807, 2.05) is 27.7 Å². The largest absolute Gasteiger partial charge is 0.444 e. The van der Waals surface area contributed by atoms with Crippen molar-refractivity contribution in [2.45, 2.75) is 45.8 Å². The Morgan fingerprint density at radius 2 is 2.12 bits per heavy atom. The van der Waals surface area contributed by atoms with Crippen LogP contribution in [-0.2, 0) is 9.53 Å². The molecule has 4 heteroatoms. The molecule has 4 atom stereocenters. The number of aldehydes is 1. The minimum absolute atomic E-state index is 0.0474. The Bertz CT molecular complexity index is 334. The summed E-state index contributed by atoms with van der Waals surface area (Å²) in [6, 6.07) is 0.218. The average Bonchev–Trinajstić information content (AvgIpc) is 2.71. The van der Waals surface area contributed by atoms with E-state index >= 15 is 0 Å². The molecule has 1 saturated carbocycles. The summed E-state index contributed by atoms with van der Waals surface area (Å²) in [4.78, 5) is 24.6. The van der Waals surface area contributed by atoms with E-state index in [2.05, 4.69) is 0 Å². The van der Waals surface area contributed by atoms with Crippen molar-refractivity contribution in [1.82, 2.24) is 4.90 Å². The van der Waals surface area contributed by atoms with Crippen molar-refractivity contribution in [3.05, 3.63) is 0 Å². The van der Waals surface area contributed by atoms with Crippen LogP contribution in [0.1, 0.15) is 34.1 Å². The van der Waals surface area contributed by atoms with Gasteiger partial charge in [-0.15, -0.1) is 0 Å². The van der Waals surface area contributed by atoms with Gasteiger partial charge in [-0.2, -0.15) is 0 Å². The molecule has 96 valence electrons. The van der Waals surface area contributed by atoms with Crippen molar-refractivity contribution in [2.75, 3.05) is 6.54 Å². The summed E-state index contributed by atoms with van der Waals surface area (Å²) in [5.41, 5.74) is -0.449. The van der Waals surface area contributed by atoms with Crippen LogP contribution >= 0.6 is 0 Å². The molecule has 2 bridgehead atoms. The van der Waals surface area contributed by atoms with Gasteiger partial charge in [0.1, 0.15) is 11.9 Å². The topological polar surface area (TPSA) is 46.6 Å². The summed E-state index contributed by atoms with van der Waals surface area (Å²) in [6.07, 6.45) is 1.80. The molecular formula is C13H21NO3. The van der Waals surface area contributed by atoms with Gasteiger partial charge in [-0.3, -0.25) is 0 Å². The number of rotatable bonds is 2. The summed E-state index contributed by atoms with van der Waals surface area (Å²) >= 11 is 0. The maximum absolute atomic E-state index is 12.0. The summed E-state index contributed by atoms with van der Waals surface area (Å²) in [5.74, 6) is 0.888. The molecule has 2 aliphatic heterocycles. The fourth-order valence-electron chi connectivity index (χ4n) is 3.06. The number of fused-ring (bicyclic) bond motifs is 1. The second-order valence-electron chi connectivity index (χ2n) is 6.27. The van der Waals surface area contributed by atoms with Gasteiger partial charge in [-0.05, 0) is 39.0 Å². The lowest BCUT2D eigenvalue weighted by Crippen LogP contribution is -2.45. The lowest BCUT2D eigenvalue weighted by Gasteiger charge is -2.38. The fraction of sp³-hybridized carbons (Fsp3) is 0.846. The summed E-state index contributed by atoms with van der Waals surface area (Å²) < 4.78 is 5.38. The second-order valence-corrected chi connectivity index (χ2v) is 6.27. The first-order valence-corrected chi connectivity index (χ1v) is 6.28. The summed E-state index contributed by atoms with van der Waals surface area (Å²) in [7, 11) is 0. The van der Waals surface area contributed by atoms with E-state index in [-0.39, 0.29) is 18.1 Å². The van der Waals surface area contributed by atoms with Crippen LogP contribution in [0.3, 0.4) is 0 Å². The zero-order chi connectivity index (χ0) is 12.8. The smallest absolute Gasteiger partial charge is 0.410 e. The first-order chi connectivity index (χ1) is 7.83. The molecule has 4 nitrogen and oxygen atoms in total. The van der Waals surface area contributed by atoms with E-state index in [4.69, 9.17) is 4.74 Å². The van der Waals surface area contributed by atoms with Gasteiger partial charge in [-0.1, -0.05) is 6.92 Å². The number of carbonyl (C=O) groups excluding carboxylic acids is 2. The minimum atomic E-state index is -0.449. The molecule has 1 aliphatic carbocycles. The highest BCUT2D eigenvalue weighted by Crippen LogP contribution is 2.49. The number of nitrogens with zero attached hydrogens (tertiary/aromatic N) is 1. The predicted molar refractivity (Wildman–Crippen MR) is 63.6 cm³/mol. The fourth-order valence-corrected chi connectivity index (χ4v) is 3.06. The van der Waals surface area contributed by atoms with Crippen molar-refractivity contribution >= 4 is 12.4 Å². The maximum Gasteiger partial charge on any atom is 0.410 e. The van der Waals surface area contributed by atoms with Gasteiger partial charge in [-0.25, -0.2) is 4.79 Å². The number of amides is 1. The van der Waals surface area contributed by atoms with E-state index in [0.717, 1.165) is 19.3 Å². The number of ether oxygens (including phenoxy) is 1. The van der Waals surface area contributed by atoms with Crippen LogP contribution < -0.4 is 0 Å². The molecule has 0 radical (unpaired) electrons. The zero-order valence-electron chi connectivity index (χ0n) is 11.0. The zero-order valence-corrected chi connectivity index (χ0v) is 11.0. The molecule has 3 fully saturated rings. The normalized spacial score (nSPS) is 32.9. The Kier molecular flexibility index (Phi) is 2.92. The van der Waals surface area contributed by atoms with E-state index in [1.165, 1.54) is 0 Å². The van der Waals surface area contributed by atoms with Crippen molar-refractivity contribution in [3.8, 4) is 0 Å². The standard InChI is InChI=1S/C13H21NO3/c1-8(7-15)11-9-5-10(11)14(6-9)12(16)17-13(2,3)4/h7-11H,5-6H2,1-4H3/t8?,9-,10-,11?/m0/s1. The Morgan fingerprint density at radius 3 is 2.65 bits per heavy atom. The number of hydrogen-bond donors (Lipinski definition) is 0. The molecule has 0 aromatic heterocycles. The molecule has 0 N–H and O–H groups in total. The molecule has 2 unspecified atom stereocenters. The maximum atomic E-state index is 12.0. The van der Waals surface area contributed by atoms with Gasteiger partial charge in [0, 0.05) is 18.5 Å². The molecule has 17 heavy (non-hydrogen) atoms. The van der Waals surface area contributed by atoms with Gasteiger partial charge >= 0.3 is 6.09 Å². The van der Waals surface area contributed by atoms with Crippen LogP contribution in [-0.4, -0.2) is 35.5 Å². The summed E-state index contributed by atoms with van der Waals surface area (Å²) in [5, 5.41) is 0. The highest BCUT2D eigenvalue weighted by atomic mass is 16.6. The van der Waals surface area contributed by atoms with Gasteiger partial charge in [0.2, 0.25) is 0 Å². The Morgan fingerprint density at radius 1 is 1.47 bits per heavy atom. The third kappa shape index (κ3) is 2.17. The monoisotopic (exact) mass is 239 g/mol. The highest BCUT2D eigenvalue weighted by Gasteiger charge is 2.56. The lowest BCUT2D eigenvalue weighted by atomic mass is 9.68. The molecular weight excluding hydrogens is 218 g/mol. The van der Waals surface area contributed by atoms with E-state index in [1.54, 1.807) is 4.90 Å². The molecule has 2 heterocycles. The Hall–Kier alpha value is -1.06. The lowest BCUT2D eigenvalue weighted by molar-refractivity contribution is -0.114. The van der Waals surface area contributed by atoms with Crippen molar-refractivity contribution < 1.29 is 14.3 Å². The van der Waals surface area contributed by atoms with Crippen LogP contribution in [0.4, 0.5) is 4.79 Å². The third-order valence-electron chi connectivity index (χ3n) is 3.81. The van der Waals surface area contributed by atoms with Crippen LogP contribution in [0.15, 0.2) is 0 Å². The number of hydrogen-bond acceptors (Lipinski definition) is 3. The third-order valence-corrected chi connectivity index (χ3v) is 3.81. The van der Waals surface area contributed by atoms with Crippen LogP contribution in [0, 0.1) is 17.8 Å². The summed E-state index contributed by atoms with van der Waals surface area (Å²) in [6.45, 7) is 8.31. The highest BCUT2D eigenvalue weighted by molar-refractivity contribution is 5.70. The molecule has 0 spiro atoms. The Labute approximate surface area is 102 Å². The minimum Gasteiger partial charge on any atom is -0.444 e. The molecule has 0 aromatic rings. The second kappa shape index (κ2) is 4.00. The van der Waals surface area contributed by atoms with E-state index < -0.39 is 5.60 Å². The number of carbonyl (C=O) groups is 2. The SMILES string of the molecule is CC(C=O)C1[C@H]2C[C@@H]1N(C(=O)OC(C)(C)C)C2. The quantitative estimate of drug-likeness (QED) is 0.693. The molecule has 3 rings (SSSR count).